The molecule has 3 heteroatoms. The van der Waals surface area contributed by atoms with Crippen LogP contribution >= 0.6 is 0 Å². The Morgan fingerprint density at radius 3 is 1.70 bits per heavy atom. The molecule has 8 aromatic carbocycles. The number of para-hydroxylation sites is 2. The Morgan fingerprint density at radius 2 is 0.907 bits per heavy atom. The fourth-order valence-electron chi connectivity index (χ4n) is 8.75. The van der Waals surface area contributed by atoms with Crippen LogP contribution in [0, 0.1) is 0 Å². The van der Waals surface area contributed by atoms with Crippen LogP contribution in [0.5, 0.6) is 11.5 Å². The smallest absolute Gasteiger partial charge is 0.160 e. The Morgan fingerprint density at radius 1 is 0.352 bits per heavy atom. The minimum atomic E-state index is -0.516. The molecule has 0 saturated carbocycles. The van der Waals surface area contributed by atoms with Crippen LogP contribution in [0.2, 0.25) is 0 Å². The average Bonchev–Trinajstić information content (AvgIpc) is 3.54. The Kier molecular flexibility index (Phi) is 6.77. The van der Waals surface area contributed by atoms with Crippen molar-refractivity contribution in [3.8, 4) is 67.5 Å². The van der Waals surface area contributed by atoms with E-state index < -0.39 is 5.41 Å². The molecule has 1 aromatic heterocycles. The molecular formula is C51H32N2O. The van der Waals surface area contributed by atoms with E-state index in [0.717, 1.165) is 61.5 Å². The van der Waals surface area contributed by atoms with Gasteiger partial charge in [0, 0.05) is 27.6 Å². The van der Waals surface area contributed by atoms with Crippen molar-refractivity contribution in [3.63, 3.8) is 0 Å². The van der Waals surface area contributed by atoms with Gasteiger partial charge in [-0.1, -0.05) is 164 Å². The molecule has 54 heavy (non-hydrogen) atoms. The molecule has 2 aliphatic rings. The summed E-state index contributed by atoms with van der Waals surface area (Å²) in [6, 6.07) is 68.9. The second-order valence-corrected chi connectivity index (χ2v) is 14.1. The van der Waals surface area contributed by atoms with Gasteiger partial charge in [0.2, 0.25) is 0 Å². The number of fused-ring (bicyclic) bond motifs is 10. The Bertz CT molecular complexity index is 2870. The quantitative estimate of drug-likeness (QED) is 0.185. The van der Waals surface area contributed by atoms with Crippen LogP contribution in [0.1, 0.15) is 22.3 Å². The van der Waals surface area contributed by atoms with E-state index in [4.69, 9.17) is 14.7 Å². The van der Waals surface area contributed by atoms with E-state index in [2.05, 4.69) is 182 Å². The van der Waals surface area contributed by atoms with Gasteiger partial charge in [-0.3, -0.25) is 0 Å². The maximum atomic E-state index is 6.69. The topological polar surface area (TPSA) is 35.0 Å². The number of ether oxygens (including phenoxy) is 1. The molecule has 3 nitrogen and oxygen atoms in total. The molecule has 0 saturated heterocycles. The van der Waals surface area contributed by atoms with Crippen molar-refractivity contribution in [2.75, 3.05) is 0 Å². The van der Waals surface area contributed by atoms with Gasteiger partial charge in [0.05, 0.1) is 16.6 Å². The van der Waals surface area contributed by atoms with Crippen molar-refractivity contribution in [2.24, 2.45) is 0 Å². The Labute approximate surface area is 313 Å². The number of nitrogens with zero attached hydrogens (tertiary/aromatic N) is 2. The van der Waals surface area contributed by atoms with Crippen molar-refractivity contribution in [3.05, 3.63) is 216 Å². The summed E-state index contributed by atoms with van der Waals surface area (Å²) in [7, 11) is 0. The molecule has 0 fully saturated rings. The highest BCUT2D eigenvalue weighted by atomic mass is 16.5. The lowest BCUT2D eigenvalue weighted by Crippen LogP contribution is -2.32. The first-order valence-corrected chi connectivity index (χ1v) is 18.4. The van der Waals surface area contributed by atoms with Gasteiger partial charge in [-0.2, -0.15) is 0 Å². The molecule has 1 aliphatic heterocycles. The zero-order valence-electron chi connectivity index (χ0n) is 29.3. The molecule has 1 spiro atoms. The van der Waals surface area contributed by atoms with Crippen LogP contribution in [0.25, 0.3) is 66.9 Å². The second kappa shape index (κ2) is 12.0. The highest BCUT2D eigenvalue weighted by molar-refractivity contribution is 5.94. The normalized spacial score (nSPS) is 13.1. The summed E-state index contributed by atoms with van der Waals surface area (Å²) in [4.78, 5) is 10.4. The van der Waals surface area contributed by atoms with E-state index in [1.807, 2.05) is 12.1 Å². The van der Waals surface area contributed by atoms with Crippen LogP contribution in [0.4, 0.5) is 0 Å². The van der Waals surface area contributed by atoms with Crippen molar-refractivity contribution in [2.45, 2.75) is 5.41 Å². The minimum Gasteiger partial charge on any atom is -0.457 e. The second-order valence-electron chi connectivity index (χ2n) is 14.1. The average molecular weight is 689 g/mol. The van der Waals surface area contributed by atoms with Crippen LogP contribution < -0.4 is 4.74 Å². The van der Waals surface area contributed by atoms with Crippen LogP contribution in [0.15, 0.2) is 194 Å². The van der Waals surface area contributed by atoms with E-state index in [0.29, 0.717) is 5.82 Å². The van der Waals surface area contributed by atoms with Gasteiger partial charge >= 0.3 is 0 Å². The van der Waals surface area contributed by atoms with E-state index in [1.165, 1.54) is 33.4 Å². The van der Waals surface area contributed by atoms with Gasteiger partial charge in [-0.05, 0) is 74.8 Å². The molecule has 2 heterocycles. The summed E-state index contributed by atoms with van der Waals surface area (Å²) in [6.07, 6.45) is 0. The zero-order valence-corrected chi connectivity index (χ0v) is 29.3. The van der Waals surface area contributed by atoms with Crippen molar-refractivity contribution in [1.82, 2.24) is 9.97 Å². The summed E-state index contributed by atoms with van der Waals surface area (Å²) in [5.41, 5.74) is 15.3. The number of benzene rings is 8. The van der Waals surface area contributed by atoms with E-state index in [-0.39, 0.29) is 0 Å². The molecule has 11 rings (SSSR count). The van der Waals surface area contributed by atoms with Crippen molar-refractivity contribution in [1.29, 1.82) is 0 Å². The number of hydrogen-bond acceptors (Lipinski definition) is 3. The van der Waals surface area contributed by atoms with E-state index in [9.17, 15) is 0 Å². The third kappa shape index (κ3) is 4.55. The predicted molar refractivity (Wildman–Crippen MR) is 219 cm³/mol. The standard InChI is InChI=1S/C51H32N2O/c1-2-13-33(14-3-1)34-25-27-35(28-26-34)49-41-19-6-10-23-46(41)52-50(53-49)38-16-12-15-36(31-38)37-29-30-48-45(32-37)51(44-22-9-11-24-47(44)54-48)42-20-7-4-17-39(42)40-18-5-8-21-43(40)51/h1-32H. The monoisotopic (exact) mass is 688 g/mol. The maximum Gasteiger partial charge on any atom is 0.160 e. The number of aromatic nitrogens is 2. The fraction of sp³-hybridized carbons (Fsp3) is 0.0196. The first kappa shape index (κ1) is 30.5. The molecule has 1 aliphatic carbocycles. The van der Waals surface area contributed by atoms with Gasteiger partial charge in [0.1, 0.15) is 11.5 Å². The van der Waals surface area contributed by atoms with Crippen molar-refractivity contribution < 1.29 is 4.74 Å². The van der Waals surface area contributed by atoms with Gasteiger partial charge in [0.25, 0.3) is 0 Å². The van der Waals surface area contributed by atoms with Crippen molar-refractivity contribution >= 4 is 10.9 Å². The molecule has 0 atom stereocenters. The molecule has 0 N–H and O–H groups in total. The molecule has 0 bridgehead atoms. The van der Waals surface area contributed by atoms with Crippen LogP contribution in [-0.4, -0.2) is 9.97 Å². The van der Waals surface area contributed by atoms with Crippen LogP contribution in [0.3, 0.4) is 0 Å². The third-order valence-corrected chi connectivity index (χ3v) is 11.2. The fourth-order valence-corrected chi connectivity index (χ4v) is 8.75. The lowest BCUT2D eigenvalue weighted by molar-refractivity contribution is 0.436. The molecular weight excluding hydrogens is 657 g/mol. The summed E-state index contributed by atoms with van der Waals surface area (Å²) < 4.78 is 6.69. The van der Waals surface area contributed by atoms with Gasteiger partial charge in [-0.25, -0.2) is 9.97 Å². The Balaban J connectivity index is 1.05. The zero-order chi connectivity index (χ0) is 35.6. The highest BCUT2D eigenvalue weighted by Crippen LogP contribution is 2.62. The maximum absolute atomic E-state index is 6.69. The number of hydrogen-bond donors (Lipinski definition) is 0. The van der Waals surface area contributed by atoms with Gasteiger partial charge < -0.3 is 4.74 Å². The first-order valence-electron chi connectivity index (χ1n) is 18.4. The van der Waals surface area contributed by atoms with Crippen LogP contribution in [-0.2, 0) is 5.41 Å². The summed E-state index contributed by atoms with van der Waals surface area (Å²) >= 11 is 0. The lowest BCUT2D eigenvalue weighted by atomic mass is 9.66. The predicted octanol–water partition coefficient (Wildman–Crippen LogP) is 12.8. The van der Waals surface area contributed by atoms with Gasteiger partial charge in [0.15, 0.2) is 5.82 Å². The van der Waals surface area contributed by atoms with E-state index in [1.54, 1.807) is 0 Å². The molecule has 9 aromatic rings. The Hall–Kier alpha value is -7.10. The molecule has 0 radical (unpaired) electrons. The number of rotatable bonds is 4. The summed E-state index contributed by atoms with van der Waals surface area (Å²) in [6.45, 7) is 0. The summed E-state index contributed by atoms with van der Waals surface area (Å²) in [5, 5.41) is 1.03. The largest absolute Gasteiger partial charge is 0.457 e. The van der Waals surface area contributed by atoms with E-state index >= 15 is 0 Å². The minimum absolute atomic E-state index is 0.516. The molecule has 252 valence electrons. The molecule has 0 amide bonds. The third-order valence-electron chi connectivity index (χ3n) is 11.2. The lowest BCUT2D eigenvalue weighted by Gasteiger charge is -2.39. The van der Waals surface area contributed by atoms with Gasteiger partial charge in [-0.15, -0.1) is 0 Å². The highest BCUT2D eigenvalue weighted by Gasteiger charge is 2.51. The summed E-state index contributed by atoms with van der Waals surface area (Å²) in [5.74, 6) is 2.47. The molecule has 0 unspecified atom stereocenters. The first-order chi connectivity index (χ1) is 26.8. The SMILES string of the molecule is c1ccc(-c2ccc(-c3nc(-c4cccc(-c5ccc6c(c5)C5(c7ccccc7O6)c6ccccc6-c6ccccc65)c4)nc4ccccc34)cc2)cc1.